The standard InChI is InChI=1S/C9H11INS/c1-2-6-4-8-9(11-12-10-8)5-7(6)3-1/h4-5,8-9,11H,1-3H2/q-1. The Bertz CT molecular complexity index is 246. The summed E-state index contributed by atoms with van der Waals surface area (Å²) >= 11 is 0.341. The molecule has 1 N–H and O–H groups in total. The van der Waals surface area contributed by atoms with E-state index in [0.717, 1.165) is 3.92 Å². The van der Waals surface area contributed by atoms with E-state index in [9.17, 15) is 0 Å². The first kappa shape index (κ1) is 7.88. The molecule has 2 aliphatic carbocycles. The fourth-order valence-electron chi connectivity index (χ4n) is 2.08. The summed E-state index contributed by atoms with van der Waals surface area (Å²) in [6.45, 7) is 0. The fraction of sp³-hybridized carbons (Fsp3) is 0.556. The van der Waals surface area contributed by atoms with Crippen LogP contribution in [-0.4, -0.2) is 9.97 Å². The average molecular weight is 292 g/mol. The van der Waals surface area contributed by atoms with Gasteiger partial charge in [-0.05, 0) is 0 Å². The normalized spacial score (nSPS) is 39.3. The molecule has 0 aromatic rings. The van der Waals surface area contributed by atoms with Crippen molar-refractivity contribution in [1.29, 1.82) is 0 Å². The van der Waals surface area contributed by atoms with Gasteiger partial charge in [-0.15, -0.1) is 0 Å². The first-order valence-electron chi connectivity index (χ1n) is 4.40. The van der Waals surface area contributed by atoms with Crippen LogP contribution in [0.3, 0.4) is 0 Å². The van der Waals surface area contributed by atoms with Crippen molar-refractivity contribution in [2.75, 3.05) is 0 Å². The van der Waals surface area contributed by atoms with Crippen LogP contribution in [0.2, 0.25) is 0 Å². The number of fused-ring (bicyclic) bond motifs is 2. The Balaban J connectivity index is 1.97. The molecule has 0 spiro atoms. The van der Waals surface area contributed by atoms with Gasteiger partial charge in [-0.1, -0.05) is 0 Å². The fourth-order valence-corrected chi connectivity index (χ4v) is 7.38. The number of halogens is 1. The Kier molecular flexibility index (Phi) is 1.99. The van der Waals surface area contributed by atoms with Gasteiger partial charge in [0.25, 0.3) is 0 Å². The van der Waals surface area contributed by atoms with E-state index in [0.29, 0.717) is 25.9 Å². The predicted octanol–water partition coefficient (Wildman–Crippen LogP) is -0.971. The summed E-state index contributed by atoms with van der Waals surface area (Å²) in [7, 11) is 1.99. The Hall–Kier alpha value is 0.520. The summed E-state index contributed by atoms with van der Waals surface area (Å²) in [4.78, 5) is 0. The molecule has 0 aromatic heterocycles. The van der Waals surface area contributed by atoms with Crippen molar-refractivity contribution in [2.24, 2.45) is 0 Å². The van der Waals surface area contributed by atoms with Crippen LogP contribution in [0.4, 0.5) is 0 Å². The molecule has 12 heavy (non-hydrogen) atoms. The minimum absolute atomic E-state index is 0.341. The van der Waals surface area contributed by atoms with Crippen molar-refractivity contribution >= 4 is 9.12 Å². The van der Waals surface area contributed by atoms with Crippen molar-refractivity contribution in [2.45, 2.75) is 29.2 Å². The number of hydrogen-bond donors (Lipinski definition) is 1. The molecule has 2 atom stereocenters. The molecule has 1 saturated heterocycles. The van der Waals surface area contributed by atoms with Crippen molar-refractivity contribution in [3.8, 4) is 0 Å². The van der Waals surface area contributed by atoms with E-state index < -0.39 is 0 Å². The Morgan fingerprint density at radius 2 is 2.17 bits per heavy atom. The van der Waals surface area contributed by atoms with Crippen molar-refractivity contribution in [3.05, 3.63) is 23.3 Å². The van der Waals surface area contributed by atoms with E-state index in [4.69, 9.17) is 0 Å². The number of hydrogen-bond acceptors (Lipinski definition) is 2. The molecule has 2 fully saturated rings. The summed E-state index contributed by atoms with van der Waals surface area (Å²) in [5.74, 6) is 0. The van der Waals surface area contributed by atoms with Gasteiger partial charge in [-0.25, -0.2) is 0 Å². The van der Waals surface area contributed by atoms with Gasteiger partial charge in [0.05, 0.1) is 0 Å². The van der Waals surface area contributed by atoms with Gasteiger partial charge in [0, 0.05) is 0 Å². The van der Waals surface area contributed by atoms with E-state index in [1.54, 1.807) is 11.1 Å². The molecule has 66 valence electrons. The van der Waals surface area contributed by atoms with E-state index in [1.165, 1.54) is 19.3 Å². The number of nitrogens with one attached hydrogen (secondary N) is 1. The van der Waals surface area contributed by atoms with Crippen LogP contribution in [0.1, 0.15) is 19.3 Å². The number of rotatable bonds is 0. The molecule has 1 nitrogen and oxygen atoms in total. The molecule has 1 saturated carbocycles. The number of allylic oxidation sites excluding steroid dienone is 2. The maximum absolute atomic E-state index is 3.52. The number of alkyl halides is 1. The Labute approximate surface area is 85.9 Å². The summed E-state index contributed by atoms with van der Waals surface area (Å²) in [5, 5.41) is 0. The van der Waals surface area contributed by atoms with Gasteiger partial charge in [0.15, 0.2) is 0 Å². The summed E-state index contributed by atoms with van der Waals surface area (Å²) < 4.78 is 4.41. The predicted molar refractivity (Wildman–Crippen MR) is 48.3 cm³/mol. The Morgan fingerprint density at radius 1 is 1.33 bits per heavy atom. The molecule has 0 bridgehead atoms. The third-order valence-electron chi connectivity index (χ3n) is 2.72. The zero-order valence-electron chi connectivity index (χ0n) is 6.72. The van der Waals surface area contributed by atoms with Crippen LogP contribution in [0, 0.1) is 0 Å². The van der Waals surface area contributed by atoms with E-state index in [1.807, 2.05) is 9.12 Å². The molecule has 0 radical (unpaired) electrons. The second kappa shape index (κ2) is 3.03. The molecule has 2 unspecified atom stereocenters. The van der Waals surface area contributed by atoms with Crippen LogP contribution in [0.15, 0.2) is 23.3 Å². The maximum atomic E-state index is 3.52. The van der Waals surface area contributed by atoms with Gasteiger partial charge in [-0.3, -0.25) is 0 Å². The van der Waals surface area contributed by atoms with Crippen LogP contribution in [0.5, 0.6) is 0 Å². The zero-order chi connectivity index (χ0) is 7.97. The van der Waals surface area contributed by atoms with Gasteiger partial charge in [0.1, 0.15) is 0 Å². The molecule has 3 heteroatoms. The molecular weight excluding hydrogens is 281 g/mol. The quantitative estimate of drug-likeness (QED) is 0.350. The molecule has 1 heterocycles. The van der Waals surface area contributed by atoms with Crippen LogP contribution >= 0.6 is 9.12 Å². The van der Waals surface area contributed by atoms with E-state index in [-0.39, 0.29) is 0 Å². The topological polar surface area (TPSA) is 12.0 Å². The van der Waals surface area contributed by atoms with Crippen LogP contribution < -0.4 is 24.5 Å². The average Bonchev–Trinajstić information content (AvgIpc) is 2.64. The second-order valence-corrected chi connectivity index (χ2v) is 8.34. The molecule has 0 amide bonds. The van der Waals surface area contributed by atoms with Gasteiger partial charge >= 0.3 is 86.2 Å². The Morgan fingerprint density at radius 3 is 3.08 bits per heavy atom. The molecule has 0 aromatic carbocycles. The summed E-state index contributed by atoms with van der Waals surface area (Å²) in [6, 6.07) is 0.694. The molecule has 1 aliphatic heterocycles. The SMILES string of the molecule is C1=C2CCCC2=CC2[I-]SNC12. The van der Waals surface area contributed by atoms with Crippen LogP contribution in [0.25, 0.3) is 0 Å². The zero-order valence-corrected chi connectivity index (χ0v) is 9.69. The van der Waals surface area contributed by atoms with Gasteiger partial charge in [0.2, 0.25) is 0 Å². The molecular formula is C9H11INS-. The third kappa shape index (κ3) is 1.17. The summed E-state index contributed by atoms with van der Waals surface area (Å²) in [6.07, 6.45) is 9.13. The molecule has 3 aliphatic rings. The summed E-state index contributed by atoms with van der Waals surface area (Å²) in [5.41, 5.74) is 3.33. The first-order valence-corrected chi connectivity index (χ1v) is 9.00. The van der Waals surface area contributed by atoms with Crippen molar-refractivity contribution in [1.82, 2.24) is 4.72 Å². The van der Waals surface area contributed by atoms with Crippen LogP contribution in [-0.2, 0) is 0 Å². The van der Waals surface area contributed by atoms with Gasteiger partial charge in [-0.2, -0.15) is 0 Å². The second-order valence-electron chi connectivity index (χ2n) is 3.49. The van der Waals surface area contributed by atoms with Crippen molar-refractivity contribution in [3.63, 3.8) is 0 Å². The monoisotopic (exact) mass is 292 g/mol. The third-order valence-corrected chi connectivity index (χ3v) is 7.79. The first-order chi connectivity index (χ1) is 5.93. The van der Waals surface area contributed by atoms with Gasteiger partial charge < -0.3 is 0 Å². The minimum atomic E-state index is 0.341. The van der Waals surface area contributed by atoms with E-state index in [2.05, 4.69) is 16.9 Å². The molecule has 3 rings (SSSR count). The van der Waals surface area contributed by atoms with E-state index >= 15 is 0 Å². The van der Waals surface area contributed by atoms with Crippen molar-refractivity contribution < 1.29 is 19.8 Å².